The number of aliphatic carboxylic acids is 1. The van der Waals surface area contributed by atoms with Gasteiger partial charge in [0.1, 0.15) is 0 Å². The maximum absolute atomic E-state index is 10.2. The van der Waals surface area contributed by atoms with Crippen LogP contribution in [0.4, 0.5) is 0 Å². The van der Waals surface area contributed by atoms with Gasteiger partial charge in [0.2, 0.25) is 0 Å². The third-order valence-corrected chi connectivity index (χ3v) is 2.56. The van der Waals surface area contributed by atoms with Gasteiger partial charge >= 0.3 is 5.97 Å². The van der Waals surface area contributed by atoms with Crippen LogP contribution in [0, 0.1) is 0 Å². The molecule has 0 aromatic rings. The van der Waals surface area contributed by atoms with Crippen molar-refractivity contribution in [3.05, 3.63) is 0 Å². The van der Waals surface area contributed by atoms with Gasteiger partial charge in [0.15, 0.2) is 0 Å². The fraction of sp³-hybridized carbons (Fsp3) is 0.900. The van der Waals surface area contributed by atoms with Crippen molar-refractivity contribution < 1.29 is 9.90 Å². The Morgan fingerprint density at radius 3 is 2.62 bits per heavy atom. The first-order chi connectivity index (χ1) is 6.24. The predicted octanol–water partition coefficient (Wildman–Crippen LogP) is 1.73. The standard InChI is InChI=1S/C10H19NO2/c1-2-11(9-6-7-9)8-4-3-5-10(12)13/h9H,2-8H2,1H3,(H,12,13). The number of hydrogen-bond acceptors (Lipinski definition) is 2. The molecule has 76 valence electrons. The van der Waals surface area contributed by atoms with Crippen molar-refractivity contribution in [1.82, 2.24) is 4.90 Å². The summed E-state index contributed by atoms with van der Waals surface area (Å²) in [5.41, 5.74) is 0. The summed E-state index contributed by atoms with van der Waals surface area (Å²) in [6, 6.07) is 0.815. The summed E-state index contributed by atoms with van der Waals surface area (Å²) in [5.74, 6) is -0.672. The molecular formula is C10H19NO2. The van der Waals surface area contributed by atoms with Crippen molar-refractivity contribution in [3.63, 3.8) is 0 Å². The second-order valence-electron chi connectivity index (χ2n) is 3.71. The summed E-state index contributed by atoms with van der Waals surface area (Å²) in [4.78, 5) is 12.7. The van der Waals surface area contributed by atoms with Crippen LogP contribution in [0.1, 0.15) is 39.0 Å². The minimum Gasteiger partial charge on any atom is -0.481 e. The maximum atomic E-state index is 10.2. The zero-order chi connectivity index (χ0) is 9.68. The highest BCUT2D eigenvalue weighted by atomic mass is 16.4. The molecule has 1 rings (SSSR count). The van der Waals surface area contributed by atoms with Crippen LogP contribution in [0.25, 0.3) is 0 Å². The Bertz CT molecular complexity index is 166. The number of carboxylic acid groups (broad SMARTS) is 1. The van der Waals surface area contributed by atoms with Crippen molar-refractivity contribution in [2.75, 3.05) is 13.1 Å². The Hall–Kier alpha value is -0.570. The van der Waals surface area contributed by atoms with Gasteiger partial charge in [0.25, 0.3) is 0 Å². The Balaban J connectivity index is 1.99. The van der Waals surface area contributed by atoms with Crippen molar-refractivity contribution >= 4 is 5.97 Å². The topological polar surface area (TPSA) is 40.5 Å². The van der Waals surface area contributed by atoms with Gasteiger partial charge in [-0.3, -0.25) is 4.79 Å². The molecule has 0 unspecified atom stereocenters. The molecule has 0 saturated heterocycles. The van der Waals surface area contributed by atoms with Gasteiger partial charge in [-0.25, -0.2) is 0 Å². The molecule has 0 aromatic heterocycles. The number of unbranched alkanes of at least 4 members (excludes halogenated alkanes) is 1. The molecule has 13 heavy (non-hydrogen) atoms. The van der Waals surface area contributed by atoms with E-state index in [-0.39, 0.29) is 0 Å². The van der Waals surface area contributed by atoms with Crippen LogP contribution < -0.4 is 0 Å². The van der Waals surface area contributed by atoms with E-state index in [2.05, 4.69) is 11.8 Å². The molecule has 3 nitrogen and oxygen atoms in total. The van der Waals surface area contributed by atoms with Crippen LogP contribution in [0.3, 0.4) is 0 Å². The van der Waals surface area contributed by atoms with Crippen LogP contribution in [0.5, 0.6) is 0 Å². The number of nitrogens with zero attached hydrogens (tertiary/aromatic N) is 1. The Morgan fingerprint density at radius 1 is 1.46 bits per heavy atom. The van der Waals surface area contributed by atoms with E-state index in [1.54, 1.807) is 0 Å². The van der Waals surface area contributed by atoms with Crippen molar-refractivity contribution in [2.45, 2.75) is 45.1 Å². The van der Waals surface area contributed by atoms with Crippen molar-refractivity contribution in [2.24, 2.45) is 0 Å². The van der Waals surface area contributed by atoms with E-state index >= 15 is 0 Å². The Kier molecular flexibility index (Phi) is 4.22. The van der Waals surface area contributed by atoms with E-state index in [1.165, 1.54) is 12.8 Å². The van der Waals surface area contributed by atoms with Gasteiger partial charge in [-0.2, -0.15) is 0 Å². The Morgan fingerprint density at radius 2 is 2.15 bits per heavy atom. The normalized spacial score (nSPS) is 16.5. The molecular weight excluding hydrogens is 166 g/mol. The van der Waals surface area contributed by atoms with Crippen LogP contribution in [-0.2, 0) is 4.79 Å². The van der Waals surface area contributed by atoms with Crippen molar-refractivity contribution in [3.8, 4) is 0 Å². The molecule has 1 saturated carbocycles. The van der Waals surface area contributed by atoms with Crippen LogP contribution in [-0.4, -0.2) is 35.1 Å². The maximum Gasteiger partial charge on any atom is 0.303 e. The molecule has 0 aliphatic heterocycles. The van der Waals surface area contributed by atoms with E-state index in [9.17, 15) is 4.79 Å². The number of hydrogen-bond donors (Lipinski definition) is 1. The lowest BCUT2D eigenvalue weighted by Crippen LogP contribution is -2.26. The van der Waals surface area contributed by atoms with E-state index in [0.29, 0.717) is 6.42 Å². The first-order valence-corrected chi connectivity index (χ1v) is 5.20. The highest BCUT2D eigenvalue weighted by molar-refractivity contribution is 5.66. The second-order valence-corrected chi connectivity index (χ2v) is 3.71. The van der Waals surface area contributed by atoms with E-state index in [0.717, 1.165) is 32.0 Å². The number of carboxylic acids is 1. The highest BCUT2D eigenvalue weighted by Gasteiger charge is 2.26. The monoisotopic (exact) mass is 185 g/mol. The van der Waals surface area contributed by atoms with E-state index in [4.69, 9.17) is 5.11 Å². The van der Waals surface area contributed by atoms with Gasteiger partial charge in [0.05, 0.1) is 0 Å². The lowest BCUT2D eigenvalue weighted by atomic mass is 10.2. The number of carbonyl (C=O) groups is 1. The van der Waals surface area contributed by atoms with Gasteiger partial charge in [-0.1, -0.05) is 6.92 Å². The fourth-order valence-corrected chi connectivity index (χ4v) is 1.63. The predicted molar refractivity (Wildman–Crippen MR) is 51.8 cm³/mol. The van der Waals surface area contributed by atoms with Gasteiger partial charge < -0.3 is 10.0 Å². The van der Waals surface area contributed by atoms with Crippen LogP contribution in [0.15, 0.2) is 0 Å². The largest absolute Gasteiger partial charge is 0.481 e. The quantitative estimate of drug-likeness (QED) is 0.614. The molecule has 0 amide bonds. The van der Waals surface area contributed by atoms with Crippen molar-refractivity contribution in [1.29, 1.82) is 0 Å². The zero-order valence-corrected chi connectivity index (χ0v) is 8.33. The molecule has 3 heteroatoms. The summed E-state index contributed by atoms with van der Waals surface area (Å²) in [6.07, 6.45) is 4.84. The lowest BCUT2D eigenvalue weighted by molar-refractivity contribution is -0.137. The molecule has 1 aliphatic rings. The first-order valence-electron chi connectivity index (χ1n) is 5.20. The summed E-state index contributed by atoms with van der Waals surface area (Å²) in [5, 5.41) is 8.44. The first kappa shape index (κ1) is 10.5. The fourth-order valence-electron chi connectivity index (χ4n) is 1.63. The summed E-state index contributed by atoms with van der Waals surface area (Å²) in [7, 11) is 0. The smallest absolute Gasteiger partial charge is 0.303 e. The molecule has 0 bridgehead atoms. The minimum absolute atomic E-state index is 0.322. The average Bonchev–Trinajstić information content (AvgIpc) is 2.87. The summed E-state index contributed by atoms with van der Waals surface area (Å²) in [6.45, 7) is 4.36. The van der Waals surface area contributed by atoms with Gasteiger partial charge in [-0.05, 0) is 38.8 Å². The SMILES string of the molecule is CCN(CCCCC(=O)O)C1CC1. The Labute approximate surface area is 79.7 Å². The van der Waals surface area contributed by atoms with E-state index < -0.39 is 5.97 Å². The third-order valence-electron chi connectivity index (χ3n) is 2.56. The highest BCUT2D eigenvalue weighted by Crippen LogP contribution is 2.26. The average molecular weight is 185 g/mol. The second kappa shape index (κ2) is 5.22. The molecule has 0 radical (unpaired) electrons. The van der Waals surface area contributed by atoms with Crippen LogP contribution >= 0.6 is 0 Å². The molecule has 1 N–H and O–H groups in total. The molecule has 1 fully saturated rings. The minimum atomic E-state index is -0.672. The van der Waals surface area contributed by atoms with E-state index in [1.807, 2.05) is 0 Å². The lowest BCUT2D eigenvalue weighted by Gasteiger charge is -2.18. The molecule has 0 spiro atoms. The molecule has 0 heterocycles. The molecule has 0 aromatic carbocycles. The van der Waals surface area contributed by atoms with Crippen LogP contribution in [0.2, 0.25) is 0 Å². The molecule has 1 aliphatic carbocycles. The molecule has 0 atom stereocenters. The zero-order valence-electron chi connectivity index (χ0n) is 8.33. The number of rotatable bonds is 7. The van der Waals surface area contributed by atoms with Gasteiger partial charge in [-0.15, -0.1) is 0 Å². The van der Waals surface area contributed by atoms with Gasteiger partial charge in [0, 0.05) is 12.5 Å². The summed E-state index contributed by atoms with van der Waals surface area (Å²) < 4.78 is 0. The third kappa shape index (κ3) is 4.27. The summed E-state index contributed by atoms with van der Waals surface area (Å²) >= 11 is 0.